The minimum atomic E-state index is 0.297. The van der Waals surface area contributed by atoms with E-state index in [1.165, 1.54) is 5.56 Å². The Morgan fingerprint density at radius 1 is 0.778 bits per heavy atom. The fraction of sp³-hybridized carbons (Fsp3) is 0.647. The molecule has 0 fully saturated rings. The lowest BCUT2D eigenvalue weighted by atomic mass is 9.97. The molecule has 0 radical (unpaired) electrons. The SMILES string of the molecule is CC(C)(C)COCC(C)(C)C.Cc1ccccc1. The fourth-order valence-corrected chi connectivity index (χ4v) is 1.20. The molecule has 104 valence electrons. The molecule has 0 saturated heterocycles. The van der Waals surface area contributed by atoms with Gasteiger partial charge in [-0.05, 0) is 17.8 Å². The first-order valence-corrected chi connectivity index (χ1v) is 6.70. The standard InChI is InChI=1S/C10H22O.C7H8/c1-9(2,3)7-11-8-10(4,5)6;1-7-5-3-2-4-6-7/h7-8H2,1-6H3;2-6H,1H3. The van der Waals surface area contributed by atoms with E-state index in [2.05, 4.69) is 60.6 Å². The lowest BCUT2D eigenvalue weighted by Crippen LogP contribution is -2.21. The predicted molar refractivity (Wildman–Crippen MR) is 80.9 cm³/mol. The summed E-state index contributed by atoms with van der Waals surface area (Å²) >= 11 is 0. The molecule has 0 saturated carbocycles. The summed E-state index contributed by atoms with van der Waals surface area (Å²) in [5.41, 5.74) is 1.92. The van der Waals surface area contributed by atoms with Gasteiger partial charge < -0.3 is 4.74 Å². The predicted octanol–water partition coefficient (Wildman–Crippen LogP) is 5.09. The van der Waals surface area contributed by atoms with Gasteiger partial charge in [-0.25, -0.2) is 0 Å². The third kappa shape index (κ3) is 13.2. The molecule has 0 spiro atoms. The van der Waals surface area contributed by atoms with Crippen molar-refractivity contribution < 1.29 is 4.74 Å². The van der Waals surface area contributed by atoms with Crippen molar-refractivity contribution in [1.29, 1.82) is 0 Å². The molecule has 0 amide bonds. The zero-order chi connectivity index (χ0) is 14.2. The van der Waals surface area contributed by atoms with Gasteiger partial charge in [-0.1, -0.05) is 77.4 Å². The highest BCUT2D eigenvalue weighted by molar-refractivity contribution is 5.11. The van der Waals surface area contributed by atoms with Crippen LogP contribution in [-0.2, 0) is 4.74 Å². The first kappa shape index (κ1) is 17.2. The quantitative estimate of drug-likeness (QED) is 0.710. The van der Waals surface area contributed by atoms with Crippen molar-refractivity contribution in [3.8, 4) is 0 Å². The van der Waals surface area contributed by atoms with Crippen LogP contribution in [0.2, 0.25) is 0 Å². The maximum absolute atomic E-state index is 5.56. The summed E-state index contributed by atoms with van der Waals surface area (Å²) in [5, 5.41) is 0. The molecule has 1 aromatic carbocycles. The molecular formula is C17H30O. The van der Waals surface area contributed by atoms with Crippen LogP contribution in [0.4, 0.5) is 0 Å². The number of aryl methyl sites for hydroxylation is 1. The second-order valence-corrected chi connectivity index (χ2v) is 7.27. The first-order chi connectivity index (χ1) is 8.10. The van der Waals surface area contributed by atoms with E-state index < -0.39 is 0 Å². The number of rotatable bonds is 2. The van der Waals surface area contributed by atoms with E-state index in [4.69, 9.17) is 4.74 Å². The normalized spacial score (nSPS) is 11.7. The monoisotopic (exact) mass is 250 g/mol. The molecule has 0 unspecified atom stereocenters. The molecule has 1 aromatic rings. The largest absolute Gasteiger partial charge is 0.380 e. The van der Waals surface area contributed by atoms with E-state index in [0.29, 0.717) is 10.8 Å². The van der Waals surface area contributed by atoms with Crippen molar-refractivity contribution in [2.24, 2.45) is 10.8 Å². The smallest absolute Gasteiger partial charge is 0.0514 e. The van der Waals surface area contributed by atoms with Crippen molar-refractivity contribution >= 4 is 0 Å². The van der Waals surface area contributed by atoms with E-state index >= 15 is 0 Å². The van der Waals surface area contributed by atoms with Crippen molar-refractivity contribution in [1.82, 2.24) is 0 Å². The van der Waals surface area contributed by atoms with Gasteiger partial charge in [-0.15, -0.1) is 0 Å². The third-order valence-electron chi connectivity index (χ3n) is 2.01. The summed E-state index contributed by atoms with van der Waals surface area (Å²) in [6, 6.07) is 10.3. The van der Waals surface area contributed by atoms with E-state index in [1.54, 1.807) is 0 Å². The number of benzene rings is 1. The van der Waals surface area contributed by atoms with Crippen molar-refractivity contribution in [3.05, 3.63) is 35.9 Å². The number of ether oxygens (including phenoxy) is 1. The summed E-state index contributed by atoms with van der Waals surface area (Å²) < 4.78 is 5.56. The molecule has 0 aliphatic heterocycles. The maximum atomic E-state index is 5.56. The Kier molecular flexibility index (Phi) is 7.23. The van der Waals surface area contributed by atoms with E-state index in [1.807, 2.05) is 18.2 Å². The van der Waals surface area contributed by atoms with Crippen LogP contribution in [0.3, 0.4) is 0 Å². The van der Waals surface area contributed by atoms with Crippen molar-refractivity contribution in [2.45, 2.75) is 48.5 Å². The Morgan fingerprint density at radius 3 is 1.39 bits per heavy atom. The summed E-state index contributed by atoms with van der Waals surface area (Å²) in [5.74, 6) is 0. The summed E-state index contributed by atoms with van der Waals surface area (Å²) in [4.78, 5) is 0. The summed E-state index contributed by atoms with van der Waals surface area (Å²) in [7, 11) is 0. The first-order valence-electron chi connectivity index (χ1n) is 6.70. The molecule has 1 heteroatoms. The number of hydrogen-bond donors (Lipinski definition) is 0. The van der Waals surface area contributed by atoms with Crippen LogP contribution in [0.5, 0.6) is 0 Å². The molecule has 0 N–H and O–H groups in total. The molecule has 0 atom stereocenters. The van der Waals surface area contributed by atoms with Crippen LogP contribution < -0.4 is 0 Å². The zero-order valence-electron chi connectivity index (χ0n) is 13.2. The van der Waals surface area contributed by atoms with Gasteiger partial charge in [0.2, 0.25) is 0 Å². The summed E-state index contributed by atoms with van der Waals surface area (Å²) in [6.45, 7) is 16.9. The van der Waals surface area contributed by atoms with Gasteiger partial charge >= 0.3 is 0 Å². The molecule has 0 aliphatic carbocycles. The van der Waals surface area contributed by atoms with E-state index in [0.717, 1.165) is 13.2 Å². The van der Waals surface area contributed by atoms with E-state index in [9.17, 15) is 0 Å². The Labute approximate surface area is 114 Å². The molecule has 18 heavy (non-hydrogen) atoms. The van der Waals surface area contributed by atoms with Gasteiger partial charge in [0.15, 0.2) is 0 Å². The van der Waals surface area contributed by atoms with Crippen LogP contribution >= 0.6 is 0 Å². The molecule has 0 heterocycles. The Hall–Kier alpha value is -0.820. The van der Waals surface area contributed by atoms with Gasteiger partial charge in [0.1, 0.15) is 0 Å². The minimum Gasteiger partial charge on any atom is -0.380 e. The Bertz CT molecular complexity index is 287. The van der Waals surface area contributed by atoms with Crippen LogP contribution in [0.25, 0.3) is 0 Å². The zero-order valence-corrected chi connectivity index (χ0v) is 13.2. The average Bonchev–Trinajstić information content (AvgIpc) is 2.15. The van der Waals surface area contributed by atoms with Crippen LogP contribution in [0, 0.1) is 17.8 Å². The Morgan fingerprint density at radius 2 is 1.17 bits per heavy atom. The second-order valence-electron chi connectivity index (χ2n) is 7.27. The fourth-order valence-electron chi connectivity index (χ4n) is 1.20. The highest BCUT2D eigenvalue weighted by Gasteiger charge is 2.14. The maximum Gasteiger partial charge on any atom is 0.0514 e. The minimum absolute atomic E-state index is 0.297. The lowest BCUT2D eigenvalue weighted by Gasteiger charge is -2.23. The molecular weight excluding hydrogens is 220 g/mol. The van der Waals surface area contributed by atoms with Gasteiger partial charge in [0.05, 0.1) is 13.2 Å². The molecule has 0 aromatic heterocycles. The topological polar surface area (TPSA) is 9.23 Å². The third-order valence-corrected chi connectivity index (χ3v) is 2.01. The van der Waals surface area contributed by atoms with Crippen LogP contribution in [0.1, 0.15) is 47.1 Å². The van der Waals surface area contributed by atoms with Gasteiger partial charge in [-0.2, -0.15) is 0 Å². The van der Waals surface area contributed by atoms with Crippen LogP contribution in [-0.4, -0.2) is 13.2 Å². The van der Waals surface area contributed by atoms with Crippen LogP contribution in [0.15, 0.2) is 30.3 Å². The second kappa shape index (κ2) is 7.58. The molecule has 0 aliphatic rings. The lowest BCUT2D eigenvalue weighted by molar-refractivity contribution is 0.0275. The summed E-state index contributed by atoms with van der Waals surface area (Å²) in [6.07, 6.45) is 0. The molecule has 1 nitrogen and oxygen atoms in total. The highest BCUT2D eigenvalue weighted by Crippen LogP contribution is 2.17. The van der Waals surface area contributed by atoms with Crippen molar-refractivity contribution in [3.63, 3.8) is 0 Å². The van der Waals surface area contributed by atoms with Crippen molar-refractivity contribution in [2.75, 3.05) is 13.2 Å². The molecule has 1 rings (SSSR count). The van der Waals surface area contributed by atoms with E-state index in [-0.39, 0.29) is 0 Å². The van der Waals surface area contributed by atoms with Gasteiger partial charge in [-0.3, -0.25) is 0 Å². The highest BCUT2D eigenvalue weighted by atomic mass is 16.5. The Balaban J connectivity index is 0.000000351. The number of hydrogen-bond acceptors (Lipinski definition) is 1. The average molecular weight is 250 g/mol. The van der Waals surface area contributed by atoms with Gasteiger partial charge in [0, 0.05) is 0 Å². The van der Waals surface area contributed by atoms with Gasteiger partial charge in [0.25, 0.3) is 0 Å². The molecule has 0 bridgehead atoms.